The molecule has 1 amide bonds. The van der Waals surface area contributed by atoms with E-state index in [-0.39, 0.29) is 12.5 Å². The second-order valence-corrected chi connectivity index (χ2v) is 6.11. The molecule has 3 aromatic rings. The number of rotatable bonds is 5. The van der Waals surface area contributed by atoms with Crippen LogP contribution in [-0.4, -0.2) is 28.3 Å². The van der Waals surface area contributed by atoms with Gasteiger partial charge in [-0.05, 0) is 18.6 Å². The molecule has 0 aliphatic rings. The number of amides is 1. The third kappa shape index (κ3) is 3.46. The number of nitrogens with one attached hydrogen (secondary N) is 1. The first kappa shape index (κ1) is 16.9. The summed E-state index contributed by atoms with van der Waals surface area (Å²) in [5.74, 6) is -0.782. The van der Waals surface area contributed by atoms with E-state index in [9.17, 15) is 9.59 Å². The van der Waals surface area contributed by atoms with E-state index in [1.165, 1.54) is 16.0 Å². The first-order valence-corrected chi connectivity index (χ1v) is 8.63. The lowest BCUT2D eigenvalue weighted by Gasteiger charge is -2.09. The molecular weight excluding hydrogens is 338 g/mol. The van der Waals surface area contributed by atoms with E-state index < -0.39 is 5.97 Å². The fourth-order valence-electron chi connectivity index (χ4n) is 2.45. The monoisotopic (exact) mass is 355 g/mol. The number of thiophene rings is 1. The molecular formula is C18H17N3O3S. The van der Waals surface area contributed by atoms with Crippen LogP contribution < -0.4 is 5.32 Å². The van der Waals surface area contributed by atoms with Crippen molar-refractivity contribution in [3.05, 3.63) is 59.2 Å². The van der Waals surface area contributed by atoms with Crippen LogP contribution in [0.4, 0.5) is 5.00 Å². The minimum Gasteiger partial charge on any atom is -0.462 e. The predicted molar refractivity (Wildman–Crippen MR) is 96.9 cm³/mol. The molecule has 0 saturated carbocycles. The number of carbonyl (C=O) groups is 2. The third-order valence-corrected chi connectivity index (χ3v) is 4.53. The van der Waals surface area contributed by atoms with Gasteiger partial charge in [-0.2, -0.15) is 5.10 Å². The molecule has 0 fully saturated rings. The molecule has 0 unspecified atom stereocenters. The fourth-order valence-corrected chi connectivity index (χ4v) is 3.40. The van der Waals surface area contributed by atoms with Crippen LogP contribution in [-0.2, 0) is 11.8 Å². The molecule has 0 atom stereocenters. The van der Waals surface area contributed by atoms with Crippen molar-refractivity contribution in [2.75, 3.05) is 11.9 Å². The molecule has 0 bridgehead atoms. The van der Waals surface area contributed by atoms with Crippen LogP contribution in [0.25, 0.3) is 11.1 Å². The standard InChI is InChI=1S/C18H17N3O3S/c1-3-24-18(23)15-13(12-7-5-4-6-8-12)11-25-17(15)20-16(22)14-9-10-19-21(14)2/h4-11H,3H2,1-2H3,(H,20,22). The van der Waals surface area contributed by atoms with Crippen molar-refractivity contribution in [1.82, 2.24) is 9.78 Å². The number of hydrogen-bond acceptors (Lipinski definition) is 5. The molecule has 7 heteroatoms. The molecule has 3 rings (SSSR count). The first-order valence-electron chi connectivity index (χ1n) is 7.75. The first-order chi connectivity index (χ1) is 12.1. The molecule has 6 nitrogen and oxygen atoms in total. The van der Waals surface area contributed by atoms with Crippen molar-refractivity contribution in [3.63, 3.8) is 0 Å². The molecule has 0 spiro atoms. The van der Waals surface area contributed by atoms with E-state index in [1.54, 1.807) is 26.2 Å². The molecule has 0 aliphatic carbocycles. The van der Waals surface area contributed by atoms with Crippen molar-refractivity contribution in [2.24, 2.45) is 7.05 Å². The van der Waals surface area contributed by atoms with Crippen molar-refractivity contribution >= 4 is 28.2 Å². The number of aromatic nitrogens is 2. The number of ether oxygens (including phenoxy) is 1. The summed E-state index contributed by atoms with van der Waals surface area (Å²) in [6, 6.07) is 11.1. The second-order valence-electron chi connectivity index (χ2n) is 5.23. The average Bonchev–Trinajstić information content (AvgIpc) is 3.22. The quantitative estimate of drug-likeness (QED) is 0.710. The second kappa shape index (κ2) is 7.31. The van der Waals surface area contributed by atoms with E-state index in [1.807, 2.05) is 35.7 Å². The van der Waals surface area contributed by atoms with E-state index in [4.69, 9.17) is 4.74 Å². The highest BCUT2D eigenvalue weighted by Crippen LogP contribution is 2.36. The van der Waals surface area contributed by atoms with Crippen LogP contribution in [0.2, 0.25) is 0 Å². The van der Waals surface area contributed by atoms with Gasteiger partial charge in [-0.15, -0.1) is 11.3 Å². The number of nitrogens with zero attached hydrogens (tertiary/aromatic N) is 2. The topological polar surface area (TPSA) is 73.2 Å². The minimum absolute atomic E-state index is 0.262. The van der Waals surface area contributed by atoms with Gasteiger partial charge in [-0.1, -0.05) is 30.3 Å². The van der Waals surface area contributed by atoms with Gasteiger partial charge in [0.2, 0.25) is 0 Å². The highest BCUT2D eigenvalue weighted by atomic mass is 32.1. The Morgan fingerprint density at radius 3 is 2.64 bits per heavy atom. The lowest BCUT2D eigenvalue weighted by Crippen LogP contribution is -2.17. The molecule has 0 radical (unpaired) electrons. The van der Waals surface area contributed by atoms with Crippen molar-refractivity contribution in [1.29, 1.82) is 0 Å². The maximum Gasteiger partial charge on any atom is 0.341 e. The van der Waals surface area contributed by atoms with E-state index >= 15 is 0 Å². The SMILES string of the molecule is CCOC(=O)c1c(-c2ccccc2)csc1NC(=O)c1ccnn1C. The van der Waals surface area contributed by atoms with Gasteiger partial charge in [-0.3, -0.25) is 9.48 Å². The maximum absolute atomic E-state index is 12.5. The molecule has 25 heavy (non-hydrogen) atoms. The van der Waals surface area contributed by atoms with Crippen molar-refractivity contribution in [3.8, 4) is 11.1 Å². The Morgan fingerprint density at radius 1 is 1.24 bits per heavy atom. The number of hydrogen-bond donors (Lipinski definition) is 1. The summed E-state index contributed by atoms with van der Waals surface area (Å²) in [5.41, 5.74) is 2.41. The lowest BCUT2D eigenvalue weighted by molar-refractivity contribution is 0.0529. The normalized spacial score (nSPS) is 10.5. The lowest BCUT2D eigenvalue weighted by atomic mass is 10.0. The average molecular weight is 355 g/mol. The molecule has 1 N–H and O–H groups in total. The Morgan fingerprint density at radius 2 is 2.00 bits per heavy atom. The zero-order valence-corrected chi connectivity index (χ0v) is 14.7. The number of anilines is 1. The number of carbonyl (C=O) groups excluding carboxylic acids is 2. The Hall–Kier alpha value is -2.93. The predicted octanol–water partition coefficient (Wildman–Crippen LogP) is 3.58. The van der Waals surface area contributed by atoms with Crippen LogP contribution >= 0.6 is 11.3 Å². The molecule has 2 heterocycles. The van der Waals surface area contributed by atoms with Gasteiger partial charge in [0.15, 0.2) is 0 Å². The summed E-state index contributed by atoms with van der Waals surface area (Å²) in [6.45, 7) is 2.01. The Bertz CT molecular complexity index is 899. The molecule has 0 saturated heterocycles. The molecule has 0 aliphatic heterocycles. The van der Waals surface area contributed by atoms with Gasteiger partial charge in [0.25, 0.3) is 5.91 Å². The molecule has 1 aromatic carbocycles. The highest BCUT2D eigenvalue weighted by Gasteiger charge is 2.23. The maximum atomic E-state index is 12.5. The summed E-state index contributed by atoms with van der Waals surface area (Å²) >= 11 is 1.29. The van der Waals surface area contributed by atoms with Crippen LogP contribution in [0.3, 0.4) is 0 Å². The summed E-state index contributed by atoms with van der Waals surface area (Å²) in [6.07, 6.45) is 1.55. The van der Waals surface area contributed by atoms with Crippen molar-refractivity contribution < 1.29 is 14.3 Å². The van der Waals surface area contributed by atoms with Crippen LogP contribution in [0.15, 0.2) is 48.0 Å². The summed E-state index contributed by atoms with van der Waals surface area (Å²) in [7, 11) is 1.69. The van der Waals surface area contributed by atoms with E-state index in [0.717, 1.165) is 11.1 Å². The summed E-state index contributed by atoms with van der Waals surface area (Å²) < 4.78 is 6.66. The summed E-state index contributed by atoms with van der Waals surface area (Å²) in [4.78, 5) is 24.9. The van der Waals surface area contributed by atoms with Crippen molar-refractivity contribution in [2.45, 2.75) is 6.92 Å². The molecule has 128 valence electrons. The number of esters is 1. The number of aryl methyl sites for hydroxylation is 1. The van der Waals surface area contributed by atoms with Gasteiger partial charge >= 0.3 is 5.97 Å². The third-order valence-electron chi connectivity index (χ3n) is 3.64. The Labute approximate surface area is 149 Å². The van der Waals surface area contributed by atoms with Gasteiger partial charge in [0.1, 0.15) is 16.3 Å². The zero-order valence-electron chi connectivity index (χ0n) is 13.9. The zero-order chi connectivity index (χ0) is 17.8. The Balaban J connectivity index is 1.99. The van der Waals surface area contributed by atoms with Gasteiger partial charge in [-0.25, -0.2) is 4.79 Å². The van der Waals surface area contributed by atoms with Gasteiger partial charge in [0.05, 0.1) is 6.61 Å². The van der Waals surface area contributed by atoms with Gasteiger partial charge in [0, 0.05) is 24.2 Å². The van der Waals surface area contributed by atoms with Gasteiger partial charge < -0.3 is 10.1 Å². The largest absolute Gasteiger partial charge is 0.462 e. The van der Waals surface area contributed by atoms with E-state index in [2.05, 4.69) is 10.4 Å². The highest BCUT2D eigenvalue weighted by molar-refractivity contribution is 7.15. The van der Waals surface area contributed by atoms with Crippen LogP contribution in [0.1, 0.15) is 27.8 Å². The molecule has 2 aromatic heterocycles. The van der Waals surface area contributed by atoms with Crippen LogP contribution in [0, 0.1) is 0 Å². The van der Waals surface area contributed by atoms with E-state index in [0.29, 0.717) is 16.3 Å². The Kier molecular flexibility index (Phi) is 4.95. The fraction of sp³-hybridized carbons (Fsp3) is 0.167. The minimum atomic E-state index is -0.456. The smallest absolute Gasteiger partial charge is 0.341 e. The number of benzene rings is 1. The van der Waals surface area contributed by atoms with Crippen LogP contribution in [0.5, 0.6) is 0 Å². The summed E-state index contributed by atoms with van der Waals surface area (Å²) in [5, 5.41) is 9.10.